The second-order valence-electron chi connectivity index (χ2n) is 6.58. The Morgan fingerprint density at radius 2 is 2.22 bits per heavy atom. The van der Waals surface area contributed by atoms with Gasteiger partial charge in [-0.3, -0.25) is 9.69 Å². The predicted molar refractivity (Wildman–Crippen MR) is 84.5 cm³/mol. The van der Waals surface area contributed by atoms with Crippen molar-refractivity contribution >= 4 is 5.97 Å². The molecule has 2 heterocycles. The minimum absolute atomic E-state index is 0.111. The van der Waals surface area contributed by atoms with Gasteiger partial charge in [0.25, 0.3) is 0 Å². The predicted octanol–water partition coefficient (Wildman–Crippen LogP) is 2.33. The fraction of sp³-hybridized carbons (Fsp3) is 0.500. The summed E-state index contributed by atoms with van der Waals surface area (Å²) in [5.41, 5.74) is 3.69. The van der Waals surface area contributed by atoms with Crippen molar-refractivity contribution in [3.05, 3.63) is 34.9 Å². The summed E-state index contributed by atoms with van der Waals surface area (Å²) in [5.74, 6) is 0.515. The molecule has 1 aliphatic carbocycles. The fourth-order valence-electron chi connectivity index (χ4n) is 4.43. The van der Waals surface area contributed by atoms with E-state index in [-0.39, 0.29) is 23.7 Å². The van der Waals surface area contributed by atoms with Crippen molar-refractivity contribution in [1.82, 2.24) is 4.90 Å². The van der Waals surface area contributed by atoms with Crippen LogP contribution in [-0.2, 0) is 16.1 Å². The SMILES string of the molecule is COc1cc2c(cc1O)CN1CCC3=CC[C@H](OC(C)=O)[C@@H]2[C@@H]31. The molecule has 2 aliphatic heterocycles. The van der Waals surface area contributed by atoms with Crippen molar-refractivity contribution in [1.29, 1.82) is 0 Å². The van der Waals surface area contributed by atoms with Gasteiger partial charge in [-0.25, -0.2) is 0 Å². The zero-order chi connectivity index (χ0) is 16.1. The van der Waals surface area contributed by atoms with E-state index in [1.165, 1.54) is 12.5 Å². The van der Waals surface area contributed by atoms with Crippen molar-refractivity contribution in [3.63, 3.8) is 0 Å². The van der Waals surface area contributed by atoms with Gasteiger partial charge >= 0.3 is 5.97 Å². The lowest BCUT2D eigenvalue weighted by atomic mass is 9.74. The van der Waals surface area contributed by atoms with Crippen molar-refractivity contribution < 1.29 is 19.4 Å². The summed E-state index contributed by atoms with van der Waals surface area (Å²) in [4.78, 5) is 14.0. The van der Waals surface area contributed by atoms with E-state index in [4.69, 9.17) is 9.47 Å². The van der Waals surface area contributed by atoms with Gasteiger partial charge in [-0.2, -0.15) is 0 Å². The number of aromatic hydroxyl groups is 1. The zero-order valence-corrected chi connectivity index (χ0v) is 13.4. The van der Waals surface area contributed by atoms with E-state index < -0.39 is 0 Å². The van der Waals surface area contributed by atoms with E-state index in [1.807, 2.05) is 6.07 Å². The summed E-state index contributed by atoms with van der Waals surface area (Å²) in [7, 11) is 1.56. The first-order chi connectivity index (χ1) is 11.1. The van der Waals surface area contributed by atoms with Crippen molar-refractivity contribution in [2.45, 2.75) is 44.4 Å². The molecule has 122 valence electrons. The Labute approximate surface area is 135 Å². The number of nitrogens with zero attached hydrogens (tertiary/aromatic N) is 1. The standard InChI is InChI=1S/C18H21NO4/c1-10(20)23-15-4-3-11-5-6-19-9-12-7-14(21)16(22-2)8-13(12)17(15)18(11)19/h3,7-8,15,17-18,21H,4-6,9H2,1-2H3/t15-,17+,18+/m0/s1. The van der Waals surface area contributed by atoms with E-state index in [0.29, 0.717) is 11.8 Å². The van der Waals surface area contributed by atoms with Crippen LogP contribution in [0.5, 0.6) is 11.5 Å². The zero-order valence-electron chi connectivity index (χ0n) is 13.4. The molecule has 0 spiro atoms. The molecule has 23 heavy (non-hydrogen) atoms. The lowest BCUT2D eigenvalue weighted by Crippen LogP contribution is -2.46. The van der Waals surface area contributed by atoms with Crippen LogP contribution in [0.2, 0.25) is 0 Å². The Morgan fingerprint density at radius 1 is 1.39 bits per heavy atom. The maximum atomic E-state index is 11.5. The quantitative estimate of drug-likeness (QED) is 0.670. The lowest BCUT2D eigenvalue weighted by molar-refractivity contribution is -0.148. The van der Waals surface area contributed by atoms with Crippen LogP contribution >= 0.6 is 0 Å². The van der Waals surface area contributed by atoms with E-state index >= 15 is 0 Å². The molecule has 0 saturated carbocycles. The smallest absolute Gasteiger partial charge is 0.302 e. The van der Waals surface area contributed by atoms with Crippen LogP contribution in [0, 0.1) is 0 Å². The fourth-order valence-corrected chi connectivity index (χ4v) is 4.43. The molecular weight excluding hydrogens is 294 g/mol. The molecule has 1 N–H and O–H groups in total. The maximum Gasteiger partial charge on any atom is 0.302 e. The van der Waals surface area contributed by atoms with E-state index in [2.05, 4.69) is 11.0 Å². The van der Waals surface area contributed by atoms with Gasteiger partial charge in [0.05, 0.1) is 7.11 Å². The second kappa shape index (κ2) is 5.27. The minimum atomic E-state index is -0.241. The van der Waals surface area contributed by atoms with Crippen molar-refractivity contribution in [2.24, 2.45) is 0 Å². The molecule has 0 radical (unpaired) electrons. The Kier molecular flexibility index (Phi) is 3.34. The van der Waals surface area contributed by atoms with Crippen molar-refractivity contribution in [3.8, 4) is 11.5 Å². The summed E-state index contributed by atoms with van der Waals surface area (Å²) in [5, 5.41) is 10.1. The highest BCUT2D eigenvalue weighted by Gasteiger charge is 2.47. The number of hydrogen-bond acceptors (Lipinski definition) is 5. The van der Waals surface area contributed by atoms with Crippen molar-refractivity contribution in [2.75, 3.05) is 13.7 Å². The molecule has 1 saturated heterocycles. The molecule has 0 unspecified atom stereocenters. The first-order valence-electron chi connectivity index (χ1n) is 8.08. The number of carbonyl (C=O) groups excluding carboxylic acids is 1. The van der Waals surface area contributed by atoms with Gasteiger partial charge in [0.2, 0.25) is 0 Å². The van der Waals surface area contributed by atoms with E-state index in [1.54, 1.807) is 13.2 Å². The number of fused-ring (bicyclic) bond motifs is 2. The minimum Gasteiger partial charge on any atom is -0.504 e. The molecule has 5 heteroatoms. The summed E-state index contributed by atoms with van der Waals surface area (Å²) in [6.07, 6.45) is 3.92. The van der Waals surface area contributed by atoms with Crippen LogP contribution < -0.4 is 4.74 Å². The van der Waals surface area contributed by atoms with Crippen LogP contribution in [0.1, 0.15) is 36.8 Å². The molecule has 1 aromatic carbocycles. The average Bonchev–Trinajstić information content (AvgIpc) is 2.92. The number of rotatable bonds is 2. The number of methoxy groups -OCH3 is 1. The molecular formula is C18H21NO4. The highest BCUT2D eigenvalue weighted by atomic mass is 16.5. The molecule has 3 atom stereocenters. The Balaban J connectivity index is 1.83. The third-order valence-corrected chi connectivity index (χ3v) is 5.30. The van der Waals surface area contributed by atoms with Crippen LogP contribution in [0.4, 0.5) is 0 Å². The van der Waals surface area contributed by atoms with Gasteiger partial charge in [0.1, 0.15) is 6.10 Å². The monoisotopic (exact) mass is 315 g/mol. The number of hydrogen-bond donors (Lipinski definition) is 1. The third kappa shape index (κ3) is 2.22. The number of ether oxygens (including phenoxy) is 2. The van der Waals surface area contributed by atoms with Gasteiger partial charge in [-0.05, 0) is 29.7 Å². The number of esters is 1. The van der Waals surface area contributed by atoms with Crippen LogP contribution in [0.15, 0.2) is 23.8 Å². The number of carbonyl (C=O) groups is 1. The molecule has 0 bridgehead atoms. The second-order valence-corrected chi connectivity index (χ2v) is 6.58. The van der Waals surface area contributed by atoms with Crippen LogP contribution in [0.3, 0.4) is 0 Å². The largest absolute Gasteiger partial charge is 0.504 e. The van der Waals surface area contributed by atoms with Gasteiger partial charge in [0, 0.05) is 38.4 Å². The van der Waals surface area contributed by atoms with Gasteiger partial charge in [-0.15, -0.1) is 0 Å². The van der Waals surface area contributed by atoms with Gasteiger partial charge < -0.3 is 14.6 Å². The number of phenols is 1. The number of phenolic OH excluding ortho intramolecular Hbond substituents is 1. The molecule has 0 aromatic heterocycles. The number of benzene rings is 1. The van der Waals surface area contributed by atoms with E-state index in [9.17, 15) is 9.90 Å². The molecule has 4 rings (SSSR count). The first-order valence-corrected chi connectivity index (χ1v) is 8.08. The first kappa shape index (κ1) is 14.6. The Hall–Kier alpha value is -2.01. The van der Waals surface area contributed by atoms with Gasteiger partial charge in [0.15, 0.2) is 11.5 Å². The highest BCUT2D eigenvalue weighted by molar-refractivity contribution is 5.66. The lowest BCUT2D eigenvalue weighted by Gasteiger charge is -2.44. The van der Waals surface area contributed by atoms with Crippen LogP contribution in [0.25, 0.3) is 0 Å². The van der Waals surface area contributed by atoms with Crippen LogP contribution in [-0.4, -0.2) is 41.8 Å². The molecule has 1 aromatic rings. The Morgan fingerprint density at radius 3 is 2.96 bits per heavy atom. The molecule has 5 nitrogen and oxygen atoms in total. The summed E-state index contributed by atoms with van der Waals surface area (Å²) in [6.45, 7) is 3.30. The third-order valence-electron chi connectivity index (χ3n) is 5.30. The topological polar surface area (TPSA) is 59.0 Å². The summed E-state index contributed by atoms with van der Waals surface area (Å²) in [6, 6.07) is 4.02. The highest BCUT2D eigenvalue weighted by Crippen LogP contribution is 2.49. The molecule has 3 aliphatic rings. The normalized spacial score (nSPS) is 28.6. The summed E-state index contributed by atoms with van der Waals surface area (Å²) >= 11 is 0. The molecule has 1 fully saturated rings. The Bertz CT molecular complexity index is 697. The maximum absolute atomic E-state index is 11.5. The van der Waals surface area contributed by atoms with Gasteiger partial charge in [-0.1, -0.05) is 11.6 Å². The average molecular weight is 315 g/mol. The molecule has 0 amide bonds. The van der Waals surface area contributed by atoms with E-state index in [0.717, 1.165) is 37.1 Å². The summed E-state index contributed by atoms with van der Waals surface area (Å²) < 4.78 is 10.9.